The number of tetrazole rings is 1. The molecule has 0 spiro atoms. The van der Waals surface area contributed by atoms with Crippen LogP contribution >= 0.6 is 11.8 Å². The van der Waals surface area contributed by atoms with Gasteiger partial charge in [0.15, 0.2) is 11.0 Å². The molecule has 0 atom stereocenters. The predicted molar refractivity (Wildman–Crippen MR) is 135 cm³/mol. The van der Waals surface area contributed by atoms with Crippen molar-refractivity contribution in [2.45, 2.75) is 17.9 Å². The van der Waals surface area contributed by atoms with Crippen molar-refractivity contribution in [3.05, 3.63) is 96.3 Å². The van der Waals surface area contributed by atoms with Crippen LogP contribution in [0.5, 0.6) is 0 Å². The van der Waals surface area contributed by atoms with Gasteiger partial charge in [0.05, 0.1) is 11.3 Å². The molecular weight excluding hydrogens is 517 g/mol. The van der Waals surface area contributed by atoms with E-state index >= 15 is 0 Å². The molecule has 0 aliphatic heterocycles. The summed E-state index contributed by atoms with van der Waals surface area (Å²) in [7, 11) is 0. The summed E-state index contributed by atoms with van der Waals surface area (Å²) in [6.45, 7) is 0.165. The third-order valence-corrected chi connectivity index (χ3v) is 6.22. The summed E-state index contributed by atoms with van der Waals surface area (Å²) in [5, 5.41) is 24.1. The van der Waals surface area contributed by atoms with Gasteiger partial charge in [-0.1, -0.05) is 66.4 Å². The van der Waals surface area contributed by atoms with Gasteiger partial charge in [-0.25, -0.2) is 0 Å². The Morgan fingerprint density at radius 1 is 0.895 bits per heavy atom. The van der Waals surface area contributed by atoms with Crippen LogP contribution in [0.4, 0.5) is 18.9 Å². The number of para-hydroxylation sites is 1. The van der Waals surface area contributed by atoms with Gasteiger partial charge < -0.3 is 5.32 Å². The summed E-state index contributed by atoms with van der Waals surface area (Å²) in [4.78, 5) is 13.9. The highest BCUT2D eigenvalue weighted by Crippen LogP contribution is 2.31. The van der Waals surface area contributed by atoms with Crippen LogP contribution in [-0.4, -0.2) is 46.6 Å². The van der Waals surface area contributed by atoms with Crippen molar-refractivity contribution in [2.75, 3.05) is 11.1 Å². The molecule has 0 bridgehead atoms. The average Bonchev–Trinajstić information content (AvgIpc) is 3.55. The van der Waals surface area contributed by atoms with Crippen molar-refractivity contribution in [3.63, 3.8) is 0 Å². The molecule has 0 unspecified atom stereocenters. The van der Waals surface area contributed by atoms with E-state index in [2.05, 4.69) is 30.9 Å². The number of benzene rings is 3. The van der Waals surface area contributed by atoms with Crippen LogP contribution in [0.1, 0.15) is 11.4 Å². The smallest absolute Gasteiger partial charge is 0.325 e. The lowest BCUT2D eigenvalue weighted by atomic mass is 10.2. The molecule has 0 aliphatic rings. The molecule has 2 heterocycles. The second kappa shape index (κ2) is 10.8. The Morgan fingerprint density at radius 2 is 1.63 bits per heavy atom. The number of nitrogens with one attached hydrogen (secondary N) is 1. The van der Waals surface area contributed by atoms with E-state index in [0.717, 1.165) is 35.1 Å². The van der Waals surface area contributed by atoms with Gasteiger partial charge in [0, 0.05) is 16.9 Å². The van der Waals surface area contributed by atoms with Gasteiger partial charge in [-0.05, 0) is 35.5 Å². The van der Waals surface area contributed by atoms with Gasteiger partial charge in [0.2, 0.25) is 11.7 Å². The number of hydrogen-bond acceptors (Lipinski definition) is 7. The zero-order chi connectivity index (χ0) is 26.5. The summed E-state index contributed by atoms with van der Waals surface area (Å²) < 4.78 is 40.7. The molecule has 1 N–H and O–H groups in total. The van der Waals surface area contributed by atoms with Gasteiger partial charge in [0.25, 0.3) is 0 Å². The summed E-state index contributed by atoms with van der Waals surface area (Å²) in [6.07, 6.45) is -4.50. The number of anilines is 1. The van der Waals surface area contributed by atoms with E-state index in [1.807, 2.05) is 60.7 Å². The van der Waals surface area contributed by atoms with Crippen LogP contribution in [-0.2, 0) is 17.5 Å². The van der Waals surface area contributed by atoms with Crippen LogP contribution in [0.25, 0.3) is 17.1 Å². The van der Waals surface area contributed by atoms with E-state index in [-0.39, 0.29) is 18.0 Å². The van der Waals surface area contributed by atoms with Gasteiger partial charge in [-0.2, -0.15) is 18.0 Å². The molecule has 5 rings (SSSR count). The van der Waals surface area contributed by atoms with Crippen molar-refractivity contribution in [2.24, 2.45) is 0 Å². The van der Waals surface area contributed by atoms with Crippen LogP contribution < -0.4 is 5.32 Å². The Hall–Kier alpha value is -4.52. The molecular formula is C25H19F3N8OS. The molecule has 3 aromatic carbocycles. The topological polar surface area (TPSA) is 103 Å². The van der Waals surface area contributed by atoms with Crippen LogP contribution in [0.15, 0.2) is 90.1 Å². The number of carbonyl (C=O) groups excluding carboxylic acids is 1. The van der Waals surface area contributed by atoms with Gasteiger partial charge >= 0.3 is 6.18 Å². The number of rotatable bonds is 8. The molecule has 9 nitrogen and oxygen atoms in total. The van der Waals surface area contributed by atoms with Gasteiger partial charge in [0.1, 0.15) is 6.54 Å². The highest BCUT2D eigenvalue weighted by molar-refractivity contribution is 7.99. The molecule has 0 saturated carbocycles. The summed E-state index contributed by atoms with van der Waals surface area (Å²) in [5.41, 5.74) is 0.804. The first kappa shape index (κ1) is 25.1. The molecule has 192 valence electrons. The maximum absolute atomic E-state index is 13.0. The zero-order valence-corrected chi connectivity index (χ0v) is 20.4. The first-order chi connectivity index (χ1) is 18.4. The number of nitrogens with zero attached hydrogens (tertiary/aromatic N) is 7. The number of alkyl halides is 3. The number of thioether (sulfide) groups is 1. The van der Waals surface area contributed by atoms with Crippen LogP contribution in [0.2, 0.25) is 0 Å². The van der Waals surface area contributed by atoms with E-state index in [1.54, 1.807) is 4.57 Å². The Morgan fingerprint density at radius 3 is 2.37 bits per heavy atom. The fraction of sp³-hybridized carbons (Fsp3) is 0.120. The quantitative estimate of drug-likeness (QED) is 0.286. The lowest BCUT2D eigenvalue weighted by Gasteiger charge is -2.11. The van der Waals surface area contributed by atoms with Crippen LogP contribution in [0.3, 0.4) is 0 Å². The maximum Gasteiger partial charge on any atom is 0.416 e. The molecule has 0 radical (unpaired) electrons. The second-order valence-electron chi connectivity index (χ2n) is 7.99. The number of halogens is 3. The minimum atomic E-state index is -4.50. The second-order valence-corrected chi connectivity index (χ2v) is 8.94. The summed E-state index contributed by atoms with van der Waals surface area (Å²) in [6, 6.07) is 23.2. The normalized spacial score (nSPS) is 11.4. The molecule has 0 aliphatic carbocycles. The summed E-state index contributed by atoms with van der Waals surface area (Å²) >= 11 is 1.10. The Labute approximate surface area is 218 Å². The van der Waals surface area contributed by atoms with E-state index in [1.165, 1.54) is 16.9 Å². The van der Waals surface area contributed by atoms with Crippen molar-refractivity contribution < 1.29 is 18.0 Å². The number of hydrogen-bond donors (Lipinski definition) is 1. The lowest BCUT2D eigenvalue weighted by Crippen LogP contribution is -2.16. The third kappa shape index (κ3) is 5.89. The molecule has 1 amide bonds. The minimum absolute atomic E-state index is 0.0575. The Kier molecular flexibility index (Phi) is 7.18. The fourth-order valence-corrected chi connectivity index (χ4v) is 4.34. The molecule has 5 aromatic rings. The van der Waals surface area contributed by atoms with E-state index < -0.39 is 17.6 Å². The zero-order valence-electron chi connectivity index (χ0n) is 19.6. The van der Waals surface area contributed by atoms with Gasteiger partial charge in [-0.3, -0.25) is 9.36 Å². The largest absolute Gasteiger partial charge is 0.416 e. The Bertz CT molecular complexity index is 1540. The first-order valence-corrected chi connectivity index (χ1v) is 12.3. The molecule has 0 fully saturated rings. The van der Waals surface area contributed by atoms with E-state index in [9.17, 15) is 18.0 Å². The van der Waals surface area contributed by atoms with Crippen molar-refractivity contribution >= 4 is 23.4 Å². The highest BCUT2D eigenvalue weighted by Gasteiger charge is 2.30. The first-order valence-electron chi connectivity index (χ1n) is 11.3. The fourth-order valence-electron chi connectivity index (χ4n) is 3.57. The number of aromatic nitrogens is 7. The predicted octanol–water partition coefficient (Wildman–Crippen LogP) is 4.72. The molecule has 2 aromatic heterocycles. The Balaban J connectivity index is 1.33. The summed E-state index contributed by atoms with van der Waals surface area (Å²) in [5.74, 6) is 0.399. The molecule has 0 saturated heterocycles. The van der Waals surface area contributed by atoms with E-state index in [0.29, 0.717) is 16.8 Å². The standard InChI is InChI=1S/C25H19F3N8OS/c26-25(27,28)18-10-7-11-19(14-18)29-22(37)16-38-24-32-30-21(36(24)20-12-5-2-6-13-20)15-35-33-23(31-34-35)17-8-3-1-4-9-17/h1-14H,15-16H2,(H,29,37). The maximum atomic E-state index is 13.0. The highest BCUT2D eigenvalue weighted by atomic mass is 32.2. The molecule has 13 heteroatoms. The van der Waals surface area contributed by atoms with Crippen LogP contribution in [0, 0.1) is 0 Å². The van der Waals surface area contributed by atoms with Crippen molar-refractivity contribution in [1.82, 2.24) is 35.0 Å². The molecule has 38 heavy (non-hydrogen) atoms. The monoisotopic (exact) mass is 536 g/mol. The third-order valence-electron chi connectivity index (χ3n) is 5.29. The SMILES string of the molecule is O=C(CSc1nnc(Cn2nnc(-c3ccccc3)n2)n1-c1ccccc1)Nc1cccc(C(F)(F)F)c1. The average molecular weight is 537 g/mol. The van der Waals surface area contributed by atoms with Gasteiger partial charge in [-0.15, -0.1) is 20.4 Å². The van der Waals surface area contributed by atoms with E-state index in [4.69, 9.17) is 0 Å². The number of amides is 1. The van der Waals surface area contributed by atoms with Crippen molar-refractivity contribution in [1.29, 1.82) is 0 Å². The lowest BCUT2D eigenvalue weighted by molar-refractivity contribution is -0.137. The number of carbonyl (C=O) groups is 1. The minimum Gasteiger partial charge on any atom is -0.325 e. The van der Waals surface area contributed by atoms with Crippen molar-refractivity contribution in [3.8, 4) is 17.1 Å².